The number of hydrogen-bond acceptors (Lipinski definition) is 4. The van der Waals surface area contributed by atoms with Gasteiger partial charge in [0.15, 0.2) is 5.78 Å². The largest absolute Gasteiger partial charge is 0.330 e. The zero-order chi connectivity index (χ0) is 14.4. The zero-order valence-electron chi connectivity index (χ0n) is 11.9. The van der Waals surface area contributed by atoms with E-state index in [-0.39, 0.29) is 5.78 Å². The molecule has 0 aliphatic heterocycles. The van der Waals surface area contributed by atoms with Gasteiger partial charge in [0.05, 0.1) is 17.2 Å². The standard InChI is InChI=1S/C13H23BrN4O/c1-10(8-15)4-5-12(19)13-11(14)9-16-18(13)7-6-17(2)3/h9-10H,4-8,15H2,1-3H3. The predicted octanol–water partition coefficient (Wildman–Crippen LogP) is 1.76. The second-order valence-electron chi connectivity index (χ2n) is 5.17. The molecule has 5 nitrogen and oxygen atoms in total. The molecule has 6 heteroatoms. The van der Waals surface area contributed by atoms with Gasteiger partial charge in [0, 0.05) is 13.0 Å². The van der Waals surface area contributed by atoms with Crippen LogP contribution in [0, 0.1) is 5.92 Å². The minimum Gasteiger partial charge on any atom is -0.330 e. The normalized spacial score (nSPS) is 12.9. The first-order chi connectivity index (χ1) is 8.95. The lowest BCUT2D eigenvalue weighted by molar-refractivity contribution is 0.0963. The van der Waals surface area contributed by atoms with Gasteiger partial charge < -0.3 is 10.6 Å². The van der Waals surface area contributed by atoms with Crippen LogP contribution in [0.2, 0.25) is 0 Å². The molecule has 2 N–H and O–H groups in total. The monoisotopic (exact) mass is 330 g/mol. The molecule has 19 heavy (non-hydrogen) atoms. The van der Waals surface area contributed by atoms with Crippen LogP contribution in [-0.4, -0.2) is 47.6 Å². The summed E-state index contributed by atoms with van der Waals surface area (Å²) in [4.78, 5) is 14.3. The molecule has 0 spiro atoms. The van der Waals surface area contributed by atoms with E-state index in [0.717, 1.165) is 17.4 Å². The van der Waals surface area contributed by atoms with E-state index in [4.69, 9.17) is 5.73 Å². The number of ketones is 1. The van der Waals surface area contributed by atoms with Crippen LogP contribution in [0.1, 0.15) is 30.3 Å². The summed E-state index contributed by atoms with van der Waals surface area (Å²) in [6.07, 6.45) is 3.03. The number of halogens is 1. The van der Waals surface area contributed by atoms with Gasteiger partial charge in [0.2, 0.25) is 0 Å². The van der Waals surface area contributed by atoms with Gasteiger partial charge in [-0.3, -0.25) is 9.48 Å². The number of aromatic nitrogens is 2. The molecule has 1 unspecified atom stereocenters. The van der Waals surface area contributed by atoms with Gasteiger partial charge in [0.1, 0.15) is 5.69 Å². The molecule has 0 saturated carbocycles. The van der Waals surface area contributed by atoms with E-state index in [1.807, 2.05) is 14.1 Å². The summed E-state index contributed by atoms with van der Waals surface area (Å²) in [5.41, 5.74) is 6.25. The molecule has 0 aromatic carbocycles. The highest BCUT2D eigenvalue weighted by Gasteiger charge is 2.17. The number of Topliss-reactive ketones (excluding diaryl/α,β-unsaturated/α-hetero) is 1. The molecule has 1 aromatic rings. The van der Waals surface area contributed by atoms with Crippen LogP contribution < -0.4 is 5.73 Å². The molecule has 108 valence electrons. The number of carbonyl (C=O) groups is 1. The molecule has 0 aliphatic carbocycles. The zero-order valence-corrected chi connectivity index (χ0v) is 13.5. The fourth-order valence-electron chi connectivity index (χ4n) is 1.72. The molecule has 0 radical (unpaired) electrons. The van der Waals surface area contributed by atoms with Crippen LogP contribution in [-0.2, 0) is 6.54 Å². The number of carbonyl (C=O) groups excluding carboxylic acids is 1. The first-order valence-corrected chi connectivity index (χ1v) is 7.34. The van der Waals surface area contributed by atoms with Crippen molar-refractivity contribution < 1.29 is 4.79 Å². The second-order valence-corrected chi connectivity index (χ2v) is 6.02. The lowest BCUT2D eigenvalue weighted by Gasteiger charge is -2.12. The summed E-state index contributed by atoms with van der Waals surface area (Å²) in [6, 6.07) is 0. The van der Waals surface area contributed by atoms with Gasteiger partial charge in [-0.15, -0.1) is 0 Å². The van der Waals surface area contributed by atoms with Crippen LogP contribution in [0.15, 0.2) is 10.7 Å². The van der Waals surface area contributed by atoms with E-state index < -0.39 is 0 Å². The van der Waals surface area contributed by atoms with Crippen molar-refractivity contribution >= 4 is 21.7 Å². The molecular weight excluding hydrogens is 308 g/mol. The molecule has 1 aromatic heterocycles. The Morgan fingerprint density at radius 2 is 2.26 bits per heavy atom. The molecule has 0 aliphatic rings. The van der Waals surface area contributed by atoms with Crippen molar-refractivity contribution in [1.82, 2.24) is 14.7 Å². The highest BCUT2D eigenvalue weighted by atomic mass is 79.9. The van der Waals surface area contributed by atoms with Crippen molar-refractivity contribution in [3.8, 4) is 0 Å². The summed E-state index contributed by atoms with van der Waals surface area (Å²) in [5.74, 6) is 0.504. The smallest absolute Gasteiger partial charge is 0.182 e. The molecule has 0 amide bonds. The van der Waals surface area contributed by atoms with E-state index in [1.54, 1.807) is 10.9 Å². The number of hydrogen-bond donors (Lipinski definition) is 1. The molecule has 0 bridgehead atoms. The average Bonchev–Trinajstić information content (AvgIpc) is 2.74. The third-order valence-electron chi connectivity index (χ3n) is 3.08. The second kappa shape index (κ2) is 7.77. The van der Waals surface area contributed by atoms with Crippen molar-refractivity contribution in [3.05, 3.63) is 16.4 Å². The van der Waals surface area contributed by atoms with Crippen LogP contribution >= 0.6 is 15.9 Å². The van der Waals surface area contributed by atoms with Gasteiger partial charge in [-0.05, 0) is 48.9 Å². The third-order valence-corrected chi connectivity index (χ3v) is 3.66. The van der Waals surface area contributed by atoms with Crippen molar-refractivity contribution in [2.45, 2.75) is 26.3 Å². The Hall–Kier alpha value is -0.720. The molecule has 1 atom stereocenters. The Balaban J connectivity index is 2.69. The van der Waals surface area contributed by atoms with E-state index >= 15 is 0 Å². The molecule has 0 saturated heterocycles. The highest BCUT2D eigenvalue weighted by Crippen LogP contribution is 2.19. The van der Waals surface area contributed by atoms with E-state index in [9.17, 15) is 4.79 Å². The molecular formula is C13H23BrN4O. The van der Waals surface area contributed by atoms with Crippen LogP contribution in [0.4, 0.5) is 0 Å². The number of rotatable bonds is 8. The predicted molar refractivity (Wildman–Crippen MR) is 80.3 cm³/mol. The number of nitrogens with zero attached hydrogens (tertiary/aromatic N) is 3. The molecule has 1 heterocycles. The number of nitrogens with two attached hydrogens (primary N) is 1. The Kier molecular flexibility index (Phi) is 6.68. The summed E-state index contributed by atoms with van der Waals surface area (Å²) < 4.78 is 2.55. The fraction of sp³-hybridized carbons (Fsp3) is 0.692. The topological polar surface area (TPSA) is 64.2 Å². The maximum atomic E-state index is 12.3. The fourth-order valence-corrected chi connectivity index (χ4v) is 2.24. The Bertz CT molecular complexity index is 417. The van der Waals surface area contributed by atoms with Gasteiger partial charge in [-0.1, -0.05) is 6.92 Å². The summed E-state index contributed by atoms with van der Waals surface area (Å²) in [7, 11) is 4.01. The minimum atomic E-state index is 0.128. The van der Waals surface area contributed by atoms with Crippen molar-refractivity contribution in [3.63, 3.8) is 0 Å². The van der Waals surface area contributed by atoms with Gasteiger partial charge in [0.25, 0.3) is 0 Å². The first-order valence-electron chi connectivity index (χ1n) is 6.55. The van der Waals surface area contributed by atoms with Crippen LogP contribution in [0.3, 0.4) is 0 Å². The lowest BCUT2D eigenvalue weighted by atomic mass is 10.0. The molecule has 1 rings (SSSR count). The van der Waals surface area contributed by atoms with E-state index in [2.05, 4.69) is 32.9 Å². The van der Waals surface area contributed by atoms with E-state index in [1.165, 1.54) is 0 Å². The Labute approximate surface area is 123 Å². The van der Waals surface area contributed by atoms with Crippen molar-refractivity contribution in [2.75, 3.05) is 27.2 Å². The van der Waals surface area contributed by atoms with E-state index in [0.29, 0.717) is 31.1 Å². The van der Waals surface area contributed by atoms with Gasteiger partial charge in [-0.2, -0.15) is 5.10 Å². The molecule has 0 fully saturated rings. The maximum absolute atomic E-state index is 12.3. The minimum absolute atomic E-state index is 0.128. The maximum Gasteiger partial charge on any atom is 0.182 e. The average molecular weight is 331 g/mol. The van der Waals surface area contributed by atoms with Crippen LogP contribution in [0.5, 0.6) is 0 Å². The Morgan fingerprint density at radius 3 is 2.84 bits per heavy atom. The first kappa shape index (κ1) is 16.3. The van der Waals surface area contributed by atoms with Gasteiger partial charge in [-0.25, -0.2) is 0 Å². The summed E-state index contributed by atoms with van der Waals surface area (Å²) in [5, 5.41) is 4.25. The van der Waals surface area contributed by atoms with Gasteiger partial charge >= 0.3 is 0 Å². The van der Waals surface area contributed by atoms with Crippen LogP contribution in [0.25, 0.3) is 0 Å². The quantitative estimate of drug-likeness (QED) is 0.738. The van der Waals surface area contributed by atoms with Crippen molar-refractivity contribution in [2.24, 2.45) is 11.7 Å². The van der Waals surface area contributed by atoms with Crippen molar-refractivity contribution in [1.29, 1.82) is 0 Å². The highest BCUT2D eigenvalue weighted by molar-refractivity contribution is 9.10. The Morgan fingerprint density at radius 1 is 1.58 bits per heavy atom. The lowest BCUT2D eigenvalue weighted by Crippen LogP contribution is -2.22. The number of likely N-dealkylation sites (N-methyl/N-ethyl adjacent to an activating group) is 1. The summed E-state index contributed by atoms with van der Waals surface area (Å²) >= 11 is 3.41. The summed E-state index contributed by atoms with van der Waals surface area (Å²) in [6.45, 7) is 4.25. The SMILES string of the molecule is CC(CN)CCC(=O)c1c(Br)cnn1CCN(C)C. The third kappa shape index (κ3) is 5.04.